The second-order valence-electron chi connectivity index (χ2n) is 3.27. The highest BCUT2D eigenvalue weighted by Gasteiger charge is 2.38. The second kappa shape index (κ2) is 5.34. The van der Waals surface area contributed by atoms with Crippen LogP contribution in [0.5, 0.6) is 0 Å². The largest absolute Gasteiger partial charge is 0.421 e. The molecule has 0 heterocycles. The van der Waals surface area contributed by atoms with Gasteiger partial charge in [0.05, 0.1) is 0 Å². The number of halogens is 4. The maximum absolute atomic E-state index is 12.6. The molecule has 0 aromatic rings. The van der Waals surface area contributed by atoms with Crippen molar-refractivity contribution in [2.75, 3.05) is 6.00 Å². The first kappa shape index (κ1) is 13.0. The molecular formula is C9H11ClF3N3. The van der Waals surface area contributed by atoms with Gasteiger partial charge in [0.2, 0.25) is 0 Å². The van der Waals surface area contributed by atoms with E-state index in [9.17, 15) is 13.2 Å². The van der Waals surface area contributed by atoms with Crippen LogP contribution in [0.3, 0.4) is 0 Å². The Kier molecular flexibility index (Phi) is 4.35. The fourth-order valence-electron chi connectivity index (χ4n) is 1.05. The molecule has 0 saturated heterocycles. The number of hydrogen-bond donors (Lipinski definition) is 1. The predicted molar refractivity (Wildman–Crippen MR) is 58.0 cm³/mol. The van der Waals surface area contributed by atoms with E-state index in [4.69, 9.17) is 11.6 Å². The summed E-state index contributed by atoms with van der Waals surface area (Å²) in [5.41, 5.74) is -0.949. The van der Waals surface area contributed by atoms with Crippen LogP contribution >= 0.6 is 11.6 Å². The second-order valence-corrected chi connectivity index (χ2v) is 3.51. The Bertz CT molecular complexity index is 318. The van der Waals surface area contributed by atoms with Crippen LogP contribution in [0.15, 0.2) is 21.8 Å². The molecule has 0 aromatic carbocycles. The van der Waals surface area contributed by atoms with E-state index < -0.39 is 11.7 Å². The maximum atomic E-state index is 12.6. The van der Waals surface area contributed by atoms with Crippen LogP contribution in [0.1, 0.15) is 12.8 Å². The highest BCUT2D eigenvalue weighted by molar-refractivity contribution is 6.18. The fraction of sp³-hybridized carbons (Fsp3) is 0.556. The monoisotopic (exact) mass is 253 g/mol. The summed E-state index contributed by atoms with van der Waals surface area (Å²) in [7, 11) is 0. The van der Waals surface area contributed by atoms with E-state index in [-0.39, 0.29) is 17.9 Å². The molecule has 0 bridgehead atoms. The smallest absolute Gasteiger partial charge is 0.367 e. The maximum Gasteiger partial charge on any atom is 0.421 e. The quantitative estimate of drug-likeness (QED) is 0.355. The van der Waals surface area contributed by atoms with E-state index in [0.29, 0.717) is 6.20 Å². The van der Waals surface area contributed by atoms with Crippen LogP contribution in [0.25, 0.3) is 0 Å². The molecule has 0 amide bonds. The third kappa shape index (κ3) is 3.84. The minimum absolute atomic E-state index is 0.0533. The van der Waals surface area contributed by atoms with Gasteiger partial charge in [0.1, 0.15) is 17.4 Å². The zero-order valence-electron chi connectivity index (χ0n) is 8.39. The number of hydrogen-bond acceptors (Lipinski definition) is 2. The molecular weight excluding hydrogens is 243 g/mol. The van der Waals surface area contributed by atoms with Crippen molar-refractivity contribution in [3.63, 3.8) is 0 Å². The average Bonchev–Trinajstić information content (AvgIpc) is 2.95. The van der Waals surface area contributed by atoms with E-state index in [1.807, 2.05) is 0 Å². The number of amidine groups is 1. The summed E-state index contributed by atoms with van der Waals surface area (Å²) in [6.07, 6.45) is -2.20. The predicted octanol–water partition coefficient (Wildman–Crippen LogP) is 2.48. The first-order valence-electron chi connectivity index (χ1n) is 4.59. The molecule has 1 N–H and O–H groups in total. The first-order chi connectivity index (χ1) is 7.49. The van der Waals surface area contributed by atoms with Crippen molar-refractivity contribution in [1.82, 2.24) is 5.32 Å². The minimum Gasteiger partial charge on any atom is -0.367 e. The van der Waals surface area contributed by atoms with Gasteiger partial charge in [-0.1, -0.05) is 0 Å². The molecule has 0 unspecified atom stereocenters. The van der Waals surface area contributed by atoms with Gasteiger partial charge in [-0.2, -0.15) is 13.2 Å². The van der Waals surface area contributed by atoms with E-state index in [0.717, 1.165) is 12.8 Å². The van der Waals surface area contributed by atoms with Gasteiger partial charge in [0.25, 0.3) is 0 Å². The zero-order chi connectivity index (χ0) is 12.2. The lowest BCUT2D eigenvalue weighted by atomic mass is 10.2. The Balaban J connectivity index is 2.91. The summed E-state index contributed by atoms with van der Waals surface area (Å²) in [5.74, 6) is -0.266. The Hall–Kier alpha value is -1.04. The molecule has 90 valence electrons. The average molecular weight is 254 g/mol. The fourth-order valence-corrected chi connectivity index (χ4v) is 1.17. The minimum atomic E-state index is -4.52. The normalized spacial score (nSPS) is 18.5. The molecule has 0 radical (unpaired) electrons. The van der Waals surface area contributed by atoms with Crippen LogP contribution in [-0.2, 0) is 0 Å². The number of rotatable bonds is 4. The Labute approximate surface area is 96.1 Å². The van der Waals surface area contributed by atoms with E-state index in [1.165, 1.54) is 0 Å². The summed E-state index contributed by atoms with van der Waals surface area (Å²) in [6.45, 7) is 3.01. The molecule has 1 aliphatic carbocycles. The van der Waals surface area contributed by atoms with Crippen LogP contribution in [0, 0.1) is 0 Å². The highest BCUT2D eigenvalue weighted by atomic mass is 35.5. The molecule has 0 spiro atoms. The zero-order valence-corrected chi connectivity index (χ0v) is 9.15. The number of alkyl halides is 4. The summed E-state index contributed by atoms with van der Waals surface area (Å²) >= 11 is 5.33. The lowest BCUT2D eigenvalue weighted by Gasteiger charge is -2.14. The molecule has 1 saturated carbocycles. The van der Waals surface area contributed by atoms with Crippen molar-refractivity contribution >= 4 is 24.2 Å². The van der Waals surface area contributed by atoms with Crippen molar-refractivity contribution in [2.24, 2.45) is 9.98 Å². The summed E-state index contributed by atoms with van der Waals surface area (Å²) < 4.78 is 37.9. The van der Waals surface area contributed by atoms with Crippen LogP contribution < -0.4 is 5.32 Å². The topological polar surface area (TPSA) is 36.8 Å². The molecule has 0 atom stereocenters. The van der Waals surface area contributed by atoms with Crippen LogP contribution in [-0.4, -0.2) is 30.8 Å². The Morgan fingerprint density at radius 1 is 1.50 bits per heavy atom. The molecule has 1 aliphatic rings. The van der Waals surface area contributed by atoms with E-state index in [1.54, 1.807) is 0 Å². The van der Waals surface area contributed by atoms with Crippen molar-refractivity contribution in [3.05, 3.63) is 11.8 Å². The lowest BCUT2D eigenvalue weighted by Crippen LogP contribution is -2.33. The molecule has 7 heteroatoms. The molecule has 16 heavy (non-hydrogen) atoms. The third-order valence-electron chi connectivity index (χ3n) is 1.92. The van der Waals surface area contributed by atoms with Gasteiger partial charge in [-0.25, -0.2) is 0 Å². The van der Waals surface area contributed by atoms with Crippen LogP contribution in [0.4, 0.5) is 13.2 Å². The molecule has 1 rings (SSSR count). The van der Waals surface area contributed by atoms with Crippen molar-refractivity contribution in [2.45, 2.75) is 25.1 Å². The number of nitrogens with one attached hydrogen (secondary N) is 1. The van der Waals surface area contributed by atoms with Crippen molar-refractivity contribution in [3.8, 4) is 0 Å². The van der Waals surface area contributed by atoms with Gasteiger partial charge < -0.3 is 5.32 Å². The third-order valence-corrected chi connectivity index (χ3v) is 2.04. The summed E-state index contributed by atoms with van der Waals surface area (Å²) in [4.78, 5) is 6.72. The Morgan fingerprint density at radius 3 is 2.50 bits per heavy atom. The van der Waals surface area contributed by atoms with Gasteiger partial charge in [0, 0.05) is 12.2 Å². The highest BCUT2D eigenvalue weighted by Crippen LogP contribution is 2.28. The molecule has 1 fully saturated rings. The summed E-state index contributed by atoms with van der Waals surface area (Å²) in [5, 5.41) is 2.67. The van der Waals surface area contributed by atoms with Gasteiger partial charge in [0.15, 0.2) is 0 Å². The van der Waals surface area contributed by atoms with E-state index in [2.05, 4.69) is 22.0 Å². The number of nitrogens with zero attached hydrogens (tertiary/aromatic N) is 2. The van der Waals surface area contributed by atoms with Crippen molar-refractivity contribution in [1.29, 1.82) is 0 Å². The SMILES string of the molecule is C=N/C=C(\C(=NCCl)NC1CC1)C(F)(F)F. The van der Waals surface area contributed by atoms with Gasteiger partial charge >= 0.3 is 6.18 Å². The summed E-state index contributed by atoms with van der Waals surface area (Å²) in [6, 6.07) is -0.183. The number of aliphatic imine (C=N–C) groups is 2. The van der Waals surface area contributed by atoms with Gasteiger partial charge in [-0.15, -0.1) is 11.6 Å². The van der Waals surface area contributed by atoms with Crippen LogP contribution in [0.2, 0.25) is 0 Å². The lowest BCUT2D eigenvalue weighted by molar-refractivity contribution is -0.0865. The van der Waals surface area contributed by atoms with E-state index >= 15 is 0 Å². The van der Waals surface area contributed by atoms with Crippen molar-refractivity contribution < 1.29 is 13.2 Å². The molecule has 0 aliphatic heterocycles. The standard InChI is InChI=1S/C9H11ClF3N3/c1-14-4-7(9(11,12)13)8(15-5-10)16-6-2-3-6/h4,6H,1-3,5H2,(H,15,16)/b7-4+. The van der Waals surface area contributed by atoms with Gasteiger partial charge in [-0.3, -0.25) is 9.98 Å². The Morgan fingerprint density at radius 2 is 2.12 bits per heavy atom. The molecule has 3 nitrogen and oxygen atoms in total. The molecule has 0 aromatic heterocycles. The van der Waals surface area contributed by atoms with Gasteiger partial charge in [-0.05, 0) is 19.6 Å². The first-order valence-corrected chi connectivity index (χ1v) is 5.13.